The first-order chi connectivity index (χ1) is 19.3. The molecule has 3 aromatic rings. The number of rotatable bonds is 5. The van der Waals surface area contributed by atoms with Gasteiger partial charge >= 0.3 is 6.09 Å². The topological polar surface area (TPSA) is 123 Å². The van der Waals surface area contributed by atoms with Crippen molar-refractivity contribution in [2.45, 2.75) is 50.8 Å². The Morgan fingerprint density at radius 2 is 1.83 bits per heavy atom. The highest BCUT2D eigenvalue weighted by atomic mass is 35.5. The number of nitrogens with two attached hydrogens (primary N) is 1. The predicted molar refractivity (Wildman–Crippen MR) is 156 cm³/mol. The normalized spacial score (nSPS) is 23.3. The van der Waals surface area contributed by atoms with Crippen molar-refractivity contribution in [3.63, 3.8) is 0 Å². The van der Waals surface area contributed by atoms with Crippen LogP contribution in [0.4, 0.5) is 20.6 Å². The number of amides is 3. The molecule has 0 saturated carbocycles. The molecule has 0 aromatic heterocycles. The van der Waals surface area contributed by atoms with E-state index >= 15 is 4.39 Å². The van der Waals surface area contributed by atoms with Crippen LogP contribution in [-0.2, 0) is 14.9 Å². The number of halogens is 3. The van der Waals surface area contributed by atoms with Crippen LogP contribution in [0.25, 0.3) is 0 Å². The lowest BCUT2D eigenvalue weighted by molar-refractivity contribution is -0.122. The minimum absolute atomic E-state index is 0.118. The molecule has 4 atom stereocenters. The lowest BCUT2D eigenvalue weighted by Gasteiger charge is -2.37. The maximum absolute atomic E-state index is 15.8. The van der Waals surface area contributed by atoms with Crippen molar-refractivity contribution < 1.29 is 23.5 Å². The average Bonchev–Trinajstić information content (AvgIpc) is 3.33. The second kappa shape index (κ2) is 10.6. The molecule has 214 valence electrons. The highest BCUT2D eigenvalue weighted by Gasteiger charge is 2.66. The molecule has 41 heavy (non-hydrogen) atoms. The van der Waals surface area contributed by atoms with Crippen molar-refractivity contribution in [1.29, 1.82) is 0 Å². The maximum atomic E-state index is 15.8. The SMILES string of the molecule is CC(C)(C)C[C@@H]1N[C@H](OC(=O)Nc2cccc(C(N)=O)c2)[C@H](c2cccc(Cl)c2F)[C@]12C(=O)Nc1cc(Cl)ccc12. The molecule has 2 aliphatic rings. The van der Waals surface area contributed by atoms with Crippen molar-refractivity contribution >= 4 is 52.5 Å². The molecule has 0 radical (unpaired) electrons. The van der Waals surface area contributed by atoms with Gasteiger partial charge in [-0.25, -0.2) is 9.18 Å². The summed E-state index contributed by atoms with van der Waals surface area (Å²) in [5.74, 6) is -2.76. The summed E-state index contributed by atoms with van der Waals surface area (Å²) in [5.41, 5.74) is 5.41. The third-order valence-corrected chi connectivity index (χ3v) is 8.05. The standard InChI is InChI=1S/C30H29Cl2FN4O4/c1-29(2,3)14-22-30(19-11-10-16(31)13-21(19)36-27(30)39)23(18-8-5-9-20(32)24(18)33)26(37-22)41-28(40)35-17-7-4-6-15(12-17)25(34)38/h4-13,22-23,26,37H,14H2,1-3H3,(H2,34,38)(H,35,40)(H,36,39)/t22-,23-,26+,30+/m0/s1. The molecule has 2 heterocycles. The van der Waals surface area contributed by atoms with Crippen molar-refractivity contribution in [3.8, 4) is 0 Å². The number of anilines is 2. The minimum Gasteiger partial charge on any atom is -0.429 e. The van der Waals surface area contributed by atoms with Gasteiger partial charge in [-0.05, 0) is 59.4 Å². The van der Waals surface area contributed by atoms with E-state index in [1.54, 1.807) is 42.5 Å². The van der Waals surface area contributed by atoms with Crippen LogP contribution in [0.5, 0.6) is 0 Å². The van der Waals surface area contributed by atoms with Crippen LogP contribution in [0.2, 0.25) is 10.0 Å². The summed E-state index contributed by atoms with van der Waals surface area (Å²) in [5, 5.41) is 9.17. The van der Waals surface area contributed by atoms with Crippen molar-refractivity contribution in [2.24, 2.45) is 11.1 Å². The largest absolute Gasteiger partial charge is 0.429 e. The zero-order valence-corrected chi connectivity index (χ0v) is 24.1. The van der Waals surface area contributed by atoms with Crippen molar-refractivity contribution in [2.75, 3.05) is 10.6 Å². The molecular weight excluding hydrogens is 570 g/mol. The van der Waals surface area contributed by atoms with E-state index in [1.807, 2.05) is 20.8 Å². The Morgan fingerprint density at radius 3 is 2.54 bits per heavy atom. The van der Waals surface area contributed by atoms with Crippen LogP contribution in [0, 0.1) is 11.2 Å². The Labute approximate surface area is 246 Å². The molecule has 1 spiro atoms. The Bertz CT molecular complexity index is 1560. The average molecular weight is 599 g/mol. The summed E-state index contributed by atoms with van der Waals surface area (Å²) in [6.07, 6.45) is -1.55. The zero-order chi connectivity index (χ0) is 29.7. The monoisotopic (exact) mass is 598 g/mol. The Balaban J connectivity index is 1.63. The molecule has 2 aliphatic heterocycles. The number of nitrogens with one attached hydrogen (secondary N) is 3. The van der Waals surface area contributed by atoms with Gasteiger partial charge in [0.1, 0.15) is 11.2 Å². The predicted octanol–water partition coefficient (Wildman–Crippen LogP) is 6.19. The van der Waals surface area contributed by atoms with Crippen LogP contribution in [-0.4, -0.2) is 30.2 Å². The molecule has 0 unspecified atom stereocenters. The number of ether oxygens (including phenoxy) is 1. The number of hydrogen-bond acceptors (Lipinski definition) is 5. The van der Waals surface area contributed by atoms with Gasteiger partial charge in [-0.2, -0.15) is 0 Å². The Kier molecular flexibility index (Phi) is 7.48. The number of hydrogen-bond donors (Lipinski definition) is 4. The molecule has 0 bridgehead atoms. The molecule has 3 aromatic carbocycles. The highest BCUT2D eigenvalue weighted by Crippen LogP contribution is 2.57. The van der Waals surface area contributed by atoms with Crippen LogP contribution in [0.1, 0.15) is 54.6 Å². The fraction of sp³-hybridized carbons (Fsp3) is 0.300. The van der Waals surface area contributed by atoms with E-state index in [-0.39, 0.29) is 33.2 Å². The van der Waals surface area contributed by atoms with Crippen LogP contribution < -0.4 is 21.7 Å². The highest BCUT2D eigenvalue weighted by molar-refractivity contribution is 6.31. The van der Waals surface area contributed by atoms with Crippen molar-refractivity contribution in [3.05, 3.63) is 93.2 Å². The van der Waals surface area contributed by atoms with E-state index in [4.69, 9.17) is 33.7 Å². The van der Waals surface area contributed by atoms with E-state index in [1.165, 1.54) is 18.2 Å². The lowest BCUT2D eigenvalue weighted by Crippen LogP contribution is -2.49. The third-order valence-electron chi connectivity index (χ3n) is 7.52. The van der Waals surface area contributed by atoms with Crippen LogP contribution in [0.3, 0.4) is 0 Å². The number of benzene rings is 3. The third kappa shape index (κ3) is 5.25. The van der Waals surface area contributed by atoms with E-state index in [2.05, 4.69) is 16.0 Å². The number of carbonyl (C=O) groups excluding carboxylic acids is 3. The minimum atomic E-state index is -1.38. The first-order valence-corrected chi connectivity index (χ1v) is 13.8. The summed E-state index contributed by atoms with van der Waals surface area (Å²) >= 11 is 12.5. The number of fused-ring (bicyclic) bond motifs is 2. The molecule has 0 aliphatic carbocycles. The van der Waals surface area contributed by atoms with Gasteiger partial charge in [-0.3, -0.25) is 20.2 Å². The van der Waals surface area contributed by atoms with Gasteiger partial charge in [0, 0.05) is 28.0 Å². The number of carbonyl (C=O) groups is 3. The molecule has 1 fully saturated rings. The fourth-order valence-corrected chi connectivity index (χ4v) is 6.34. The maximum Gasteiger partial charge on any atom is 0.413 e. The molecule has 1 saturated heterocycles. The fourth-order valence-electron chi connectivity index (χ4n) is 5.98. The van der Waals surface area contributed by atoms with Crippen LogP contribution in [0.15, 0.2) is 60.7 Å². The summed E-state index contributed by atoms with van der Waals surface area (Å²) in [6.45, 7) is 6.08. The lowest BCUT2D eigenvalue weighted by atomic mass is 9.63. The van der Waals surface area contributed by atoms with E-state index in [0.717, 1.165) is 0 Å². The molecule has 11 heteroatoms. The summed E-state index contributed by atoms with van der Waals surface area (Å²) in [7, 11) is 0. The first kappa shape index (κ1) is 28.9. The first-order valence-electron chi connectivity index (χ1n) is 13.0. The van der Waals surface area contributed by atoms with Crippen LogP contribution >= 0.6 is 23.2 Å². The zero-order valence-electron chi connectivity index (χ0n) is 22.6. The summed E-state index contributed by atoms with van der Waals surface area (Å²) in [4.78, 5) is 38.9. The van der Waals surface area contributed by atoms with Crippen molar-refractivity contribution in [1.82, 2.24) is 5.32 Å². The number of primary amides is 1. The van der Waals surface area contributed by atoms with E-state index in [0.29, 0.717) is 22.7 Å². The van der Waals surface area contributed by atoms with Gasteiger partial charge in [0.25, 0.3) is 0 Å². The molecule has 5 rings (SSSR count). The quantitative estimate of drug-likeness (QED) is 0.279. The van der Waals surface area contributed by atoms with Gasteiger partial charge in [0.15, 0.2) is 6.23 Å². The van der Waals surface area contributed by atoms with E-state index < -0.39 is 41.4 Å². The van der Waals surface area contributed by atoms with Gasteiger partial charge in [0.05, 0.1) is 10.9 Å². The molecule has 8 nitrogen and oxygen atoms in total. The second-order valence-electron chi connectivity index (χ2n) is 11.5. The van der Waals surface area contributed by atoms with Gasteiger partial charge in [0.2, 0.25) is 11.8 Å². The Hall–Kier alpha value is -3.66. The second-order valence-corrected chi connectivity index (χ2v) is 12.4. The van der Waals surface area contributed by atoms with Gasteiger partial charge < -0.3 is 15.8 Å². The Morgan fingerprint density at radius 1 is 1.10 bits per heavy atom. The summed E-state index contributed by atoms with van der Waals surface area (Å²) in [6, 6.07) is 15.1. The molecular formula is C30H29Cl2FN4O4. The molecule has 5 N–H and O–H groups in total. The summed E-state index contributed by atoms with van der Waals surface area (Å²) < 4.78 is 21.7. The smallest absolute Gasteiger partial charge is 0.413 e. The molecule has 3 amide bonds. The van der Waals surface area contributed by atoms with Gasteiger partial charge in [-0.1, -0.05) is 68.2 Å². The van der Waals surface area contributed by atoms with Gasteiger partial charge in [-0.15, -0.1) is 0 Å². The van der Waals surface area contributed by atoms with E-state index in [9.17, 15) is 14.4 Å².